The summed E-state index contributed by atoms with van der Waals surface area (Å²) in [4.78, 5) is 40.8. The van der Waals surface area contributed by atoms with Gasteiger partial charge in [-0.1, -0.05) is 90.4 Å². The lowest BCUT2D eigenvalue weighted by Crippen LogP contribution is -2.48. The molecule has 0 spiro atoms. The number of carbonyl (C=O) groups excluding carboxylic acids is 3. The smallest absolute Gasteiger partial charge is 0.222 e. The summed E-state index contributed by atoms with van der Waals surface area (Å²) in [5.41, 5.74) is 2.73. The van der Waals surface area contributed by atoms with E-state index in [1.54, 1.807) is 28.3 Å². The van der Waals surface area contributed by atoms with Gasteiger partial charge in [0.1, 0.15) is 23.0 Å². The SMILES string of the molecule is C=CCCCC(OCC1(CCC(c2ccc(OC)cc2)(c2ccc(OC)cc2)c2ccc(OC)cc2)CCN(C(=O)CCCCCNC(=O)CCCCO[C@@H]2O[C@H](CO)[C@H](C)[C@H](C)[C@H]2CC(C)=O)CC1)C(C(C)C)C(C)C. The van der Waals surface area contributed by atoms with Gasteiger partial charge in [-0.3, -0.25) is 9.59 Å². The third-order valence-corrected chi connectivity index (χ3v) is 17.3. The van der Waals surface area contributed by atoms with Gasteiger partial charge >= 0.3 is 0 Å². The molecule has 3 aromatic rings. The number of rotatable bonds is 34. The van der Waals surface area contributed by atoms with Crippen LogP contribution >= 0.6 is 0 Å². The Morgan fingerprint density at radius 1 is 0.779 bits per heavy atom. The van der Waals surface area contributed by atoms with Gasteiger partial charge in [0.15, 0.2) is 6.29 Å². The van der Waals surface area contributed by atoms with Crippen LogP contribution in [0, 0.1) is 40.9 Å². The number of piperidine rings is 1. The van der Waals surface area contributed by atoms with E-state index in [0.29, 0.717) is 82.7 Å². The second-order valence-electron chi connectivity index (χ2n) is 23.1. The minimum absolute atomic E-state index is 0.00859. The first kappa shape index (κ1) is 63.1. The van der Waals surface area contributed by atoms with Crippen LogP contribution < -0.4 is 19.5 Å². The quantitative estimate of drug-likeness (QED) is 0.0337. The van der Waals surface area contributed by atoms with Gasteiger partial charge in [0, 0.05) is 56.8 Å². The molecule has 3 aromatic carbocycles. The van der Waals surface area contributed by atoms with E-state index < -0.39 is 11.7 Å². The van der Waals surface area contributed by atoms with Crippen LogP contribution in [0.5, 0.6) is 17.2 Å². The van der Waals surface area contributed by atoms with Crippen LogP contribution in [0.4, 0.5) is 0 Å². The number of unbranched alkanes of at least 4 members (excludes halogenated alkanes) is 4. The third-order valence-electron chi connectivity index (χ3n) is 17.3. The number of nitrogens with zero attached hydrogens (tertiary/aromatic N) is 1. The van der Waals surface area contributed by atoms with E-state index in [4.69, 9.17) is 28.4 Å². The zero-order chi connectivity index (χ0) is 56.0. The Balaban J connectivity index is 1.23. The van der Waals surface area contributed by atoms with Crippen molar-refractivity contribution in [3.05, 3.63) is 102 Å². The molecule has 2 saturated heterocycles. The molecule has 6 atom stereocenters. The van der Waals surface area contributed by atoms with Gasteiger partial charge in [-0.05, 0) is 166 Å². The van der Waals surface area contributed by atoms with Gasteiger partial charge in [0.2, 0.25) is 11.8 Å². The summed E-state index contributed by atoms with van der Waals surface area (Å²) >= 11 is 0. The Kier molecular flexibility index (Phi) is 26.0. The van der Waals surface area contributed by atoms with Crippen LogP contribution in [-0.2, 0) is 34.0 Å². The Labute approximate surface area is 463 Å². The lowest BCUT2D eigenvalue weighted by atomic mass is 9.63. The van der Waals surface area contributed by atoms with Gasteiger partial charge in [-0.2, -0.15) is 0 Å². The Morgan fingerprint density at radius 3 is 1.82 bits per heavy atom. The molecular formula is C65H98N2O10. The van der Waals surface area contributed by atoms with Gasteiger partial charge in [-0.15, -0.1) is 6.58 Å². The van der Waals surface area contributed by atoms with Crippen molar-refractivity contribution in [2.24, 2.45) is 40.9 Å². The lowest BCUT2D eigenvalue weighted by Gasteiger charge is -2.46. The minimum Gasteiger partial charge on any atom is -0.497 e. The molecule has 1 unspecified atom stereocenters. The number of likely N-dealkylation sites (tertiary alicyclic amines) is 1. The second-order valence-corrected chi connectivity index (χ2v) is 23.1. The van der Waals surface area contributed by atoms with Crippen LogP contribution in [0.3, 0.4) is 0 Å². The molecule has 2 heterocycles. The van der Waals surface area contributed by atoms with Crippen LogP contribution in [0.1, 0.15) is 161 Å². The first-order valence-corrected chi connectivity index (χ1v) is 29.1. The molecule has 12 nitrogen and oxygen atoms in total. The number of benzene rings is 3. The fourth-order valence-corrected chi connectivity index (χ4v) is 12.5. The summed E-state index contributed by atoms with van der Waals surface area (Å²) in [5, 5.41) is 12.9. The third kappa shape index (κ3) is 17.9. The normalized spacial score (nSPS) is 20.0. The van der Waals surface area contributed by atoms with Gasteiger partial charge in [0.05, 0.1) is 46.8 Å². The standard InChI is InChI=1S/C65H98N2O10/c1-12-13-15-20-58(62(46(2)3)47(4)5)76-45-64(35-36-65(51-23-29-54(72-9)30-24-51,52-25-31-55(73-10)32-26-52)53-27-33-56(74-11)34-28-53)37-40-67(41-38-64)61(71)22-16-14-18-39-66-60(70)21-17-19-42-75-63-57(43-48(6)69)49(7)50(8)59(44-68)77-63/h12,23-34,46-47,49-50,57-59,62-63,68H,1,13-22,35-45H2,2-11H3,(H,66,70)/t49-,50+,57+,58?,59+,63+/m0/s1. The molecule has 77 heavy (non-hydrogen) atoms. The highest BCUT2D eigenvalue weighted by Gasteiger charge is 2.44. The number of allylic oxidation sites excluding steroid dienone is 1. The number of ketones is 1. The molecular weight excluding hydrogens is 969 g/mol. The van der Waals surface area contributed by atoms with E-state index in [1.807, 2.05) is 13.0 Å². The maximum absolute atomic E-state index is 14.0. The number of aliphatic hydroxyl groups excluding tert-OH is 1. The van der Waals surface area contributed by atoms with E-state index in [2.05, 4.69) is 124 Å². The van der Waals surface area contributed by atoms with Crippen molar-refractivity contribution in [3.8, 4) is 17.2 Å². The number of ether oxygens (including phenoxy) is 6. The van der Waals surface area contributed by atoms with E-state index in [0.717, 1.165) is 98.1 Å². The number of nitrogens with one attached hydrogen (secondary N) is 1. The molecule has 2 amide bonds. The first-order chi connectivity index (χ1) is 37.0. The zero-order valence-corrected chi connectivity index (χ0v) is 48.8. The van der Waals surface area contributed by atoms with Crippen molar-refractivity contribution in [1.29, 1.82) is 0 Å². The summed E-state index contributed by atoms with van der Waals surface area (Å²) in [5.74, 6) is 4.26. The van der Waals surface area contributed by atoms with Crippen molar-refractivity contribution in [2.45, 2.75) is 169 Å². The van der Waals surface area contributed by atoms with Crippen molar-refractivity contribution in [2.75, 3.05) is 60.8 Å². The first-order valence-electron chi connectivity index (χ1n) is 29.1. The predicted octanol–water partition coefficient (Wildman–Crippen LogP) is 12.6. The maximum Gasteiger partial charge on any atom is 0.222 e. The molecule has 0 radical (unpaired) electrons. The molecule has 5 rings (SSSR count). The van der Waals surface area contributed by atoms with Crippen molar-refractivity contribution in [1.82, 2.24) is 10.2 Å². The second kappa shape index (κ2) is 31.7. The molecule has 2 aliphatic rings. The topological polar surface area (TPSA) is 142 Å². The van der Waals surface area contributed by atoms with Gasteiger partial charge in [0.25, 0.3) is 0 Å². The summed E-state index contributed by atoms with van der Waals surface area (Å²) in [6, 6.07) is 25.6. The minimum atomic E-state index is -0.558. The summed E-state index contributed by atoms with van der Waals surface area (Å²) in [6.45, 7) is 22.0. The average Bonchev–Trinajstić information content (AvgIpc) is 3.45. The fraction of sp³-hybridized carbons (Fsp3) is 0.646. The number of Topliss-reactive ketones (excluding diaryl/α,β-unsaturated/α-hetero) is 1. The van der Waals surface area contributed by atoms with E-state index in [9.17, 15) is 19.5 Å². The number of carbonyl (C=O) groups is 3. The highest BCUT2D eigenvalue weighted by Crippen LogP contribution is 2.49. The summed E-state index contributed by atoms with van der Waals surface area (Å²) in [6.07, 6.45) is 12.6. The predicted molar refractivity (Wildman–Crippen MR) is 307 cm³/mol. The summed E-state index contributed by atoms with van der Waals surface area (Å²) in [7, 11) is 5.11. The Morgan fingerprint density at radius 2 is 1.32 bits per heavy atom. The molecule has 0 saturated carbocycles. The molecule has 2 aliphatic heterocycles. The number of amides is 2. The fourth-order valence-electron chi connectivity index (χ4n) is 12.5. The van der Waals surface area contributed by atoms with Crippen LogP contribution in [-0.4, -0.2) is 107 Å². The number of hydrogen-bond donors (Lipinski definition) is 2. The monoisotopic (exact) mass is 1070 g/mol. The highest BCUT2D eigenvalue weighted by atomic mass is 16.7. The van der Waals surface area contributed by atoms with E-state index in [1.165, 1.54) is 0 Å². The molecule has 0 bridgehead atoms. The largest absolute Gasteiger partial charge is 0.497 e. The molecule has 2 fully saturated rings. The van der Waals surface area contributed by atoms with Gasteiger partial charge < -0.3 is 48.5 Å². The van der Waals surface area contributed by atoms with E-state index in [-0.39, 0.29) is 59.6 Å². The average molecular weight is 1070 g/mol. The van der Waals surface area contributed by atoms with E-state index >= 15 is 0 Å². The van der Waals surface area contributed by atoms with Crippen molar-refractivity contribution >= 4 is 17.6 Å². The molecule has 0 aromatic heterocycles. The molecule has 2 N–H and O–H groups in total. The van der Waals surface area contributed by atoms with Crippen LogP contribution in [0.2, 0.25) is 0 Å². The Bertz CT molecular complexity index is 2080. The Hall–Kier alpha value is -4.75. The maximum atomic E-state index is 14.0. The number of methoxy groups -OCH3 is 3. The van der Waals surface area contributed by atoms with Crippen molar-refractivity contribution in [3.63, 3.8) is 0 Å². The molecule has 0 aliphatic carbocycles. The van der Waals surface area contributed by atoms with Crippen LogP contribution in [0.15, 0.2) is 85.5 Å². The van der Waals surface area contributed by atoms with Crippen molar-refractivity contribution < 1.29 is 47.9 Å². The van der Waals surface area contributed by atoms with Gasteiger partial charge in [-0.25, -0.2) is 0 Å². The lowest BCUT2D eigenvalue weighted by molar-refractivity contribution is -0.257. The zero-order valence-electron chi connectivity index (χ0n) is 48.8. The molecule has 428 valence electrons. The summed E-state index contributed by atoms with van der Waals surface area (Å²) < 4.78 is 36.6. The number of hydrogen-bond acceptors (Lipinski definition) is 10. The highest BCUT2D eigenvalue weighted by molar-refractivity contribution is 5.76. The molecule has 12 heteroatoms. The number of aliphatic hydroxyl groups is 1. The van der Waals surface area contributed by atoms with Crippen LogP contribution in [0.25, 0.3) is 0 Å².